The number of benzene rings is 1. The van der Waals surface area contributed by atoms with Gasteiger partial charge in [0, 0.05) is 42.5 Å². The van der Waals surface area contributed by atoms with Crippen LogP contribution in [0.1, 0.15) is 29.3 Å². The maximum absolute atomic E-state index is 11.1. The van der Waals surface area contributed by atoms with Crippen LogP contribution in [-0.2, 0) is 4.74 Å². The van der Waals surface area contributed by atoms with Crippen molar-refractivity contribution in [2.24, 2.45) is 0 Å². The van der Waals surface area contributed by atoms with E-state index in [1.807, 2.05) is 26.1 Å². The van der Waals surface area contributed by atoms with Crippen molar-refractivity contribution >= 4 is 22.9 Å². The van der Waals surface area contributed by atoms with Crippen molar-refractivity contribution in [3.8, 4) is 0 Å². The van der Waals surface area contributed by atoms with E-state index in [1.165, 1.54) is 5.69 Å². The Morgan fingerprint density at radius 2 is 2.33 bits per heavy atom. The minimum atomic E-state index is 0.313. The van der Waals surface area contributed by atoms with E-state index in [0.717, 1.165) is 48.9 Å². The van der Waals surface area contributed by atoms with E-state index in [-0.39, 0.29) is 0 Å². The van der Waals surface area contributed by atoms with Crippen molar-refractivity contribution in [3.63, 3.8) is 0 Å². The molecule has 0 spiro atoms. The highest BCUT2D eigenvalue weighted by Gasteiger charge is 2.24. The zero-order valence-electron chi connectivity index (χ0n) is 12.5. The number of pyridine rings is 1. The van der Waals surface area contributed by atoms with Gasteiger partial charge in [-0.2, -0.15) is 0 Å². The number of aryl methyl sites for hydroxylation is 1. The van der Waals surface area contributed by atoms with Crippen LogP contribution in [0, 0.1) is 6.92 Å². The van der Waals surface area contributed by atoms with Gasteiger partial charge in [0.2, 0.25) is 0 Å². The van der Waals surface area contributed by atoms with Crippen molar-refractivity contribution < 1.29 is 9.53 Å². The molecule has 1 atom stereocenters. The number of aldehydes is 1. The van der Waals surface area contributed by atoms with Crippen molar-refractivity contribution in [2.45, 2.75) is 26.4 Å². The van der Waals surface area contributed by atoms with Gasteiger partial charge in [-0.3, -0.25) is 9.78 Å². The number of carbonyl (C=O) groups is 1. The second-order valence-corrected chi connectivity index (χ2v) is 5.49. The Kier molecular flexibility index (Phi) is 3.88. The molecule has 0 amide bonds. The van der Waals surface area contributed by atoms with Crippen LogP contribution in [0.25, 0.3) is 10.9 Å². The molecule has 21 heavy (non-hydrogen) atoms. The third-order valence-electron chi connectivity index (χ3n) is 4.12. The topological polar surface area (TPSA) is 42.4 Å². The molecule has 3 rings (SSSR count). The van der Waals surface area contributed by atoms with Crippen molar-refractivity contribution in [3.05, 3.63) is 35.5 Å². The predicted molar refractivity (Wildman–Crippen MR) is 84.1 cm³/mol. The molecule has 110 valence electrons. The van der Waals surface area contributed by atoms with E-state index >= 15 is 0 Å². The molecule has 1 aliphatic rings. The largest absolute Gasteiger partial charge is 0.377 e. The molecule has 4 heteroatoms. The summed E-state index contributed by atoms with van der Waals surface area (Å²) in [6.45, 7) is 6.68. The summed E-state index contributed by atoms with van der Waals surface area (Å²) in [6.07, 6.45) is 4.08. The highest BCUT2D eigenvalue weighted by atomic mass is 16.5. The summed E-state index contributed by atoms with van der Waals surface area (Å²) in [5.41, 5.74) is 3.76. The lowest BCUT2D eigenvalue weighted by atomic mass is 10.0. The molecule has 4 nitrogen and oxygen atoms in total. The van der Waals surface area contributed by atoms with Crippen LogP contribution >= 0.6 is 0 Å². The van der Waals surface area contributed by atoms with Gasteiger partial charge in [-0.15, -0.1) is 0 Å². The quantitative estimate of drug-likeness (QED) is 0.810. The van der Waals surface area contributed by atoms with E-state index in [1.54, 1.807) is 0 Å². The molecule has 2 aromatic rings. The summed E-state index contributed by atoms with van der Waals surface area (Å²) in [5, 5.41) is 1.11. The molecular formula is C17H20N2O2. The smallest absolute Gasteiger partial charge is 0.150 e. The normalized spacial score (nSPS) is 18.4. The first-order chi connectivity index (χ1) is 10.2. The third-order valence-corrected chi connectivity index (χ3v) is 4.12. The Bertz CT molecular complexity index is 669. The molecule has 0 bridgehead atoms. The summed E-state index contributed by atoms with van der Waals surface area (Å²) in [6, 6.07) is 5.99. The van der Waals surface area contributed by atoms with Crippen LogP contribution in [0.2, 0.25) is 0 Å². The first kappa shape index (κ1) is 14.0. The summed E-state index contributed by atoms with van der Waals surface area (Å²) in [7, 11) is 0. The molecule has 0 radical (unpaired) electrons. The fourth-order valence-corrected chi connectivity index (χ4v) is 3.02. The van der Waals surface area contributed by atoms with Crippen molar-refractivity contribution in [1.82, 2.24) is 4.98 Å². The molecule has 1 saturated heterocycles. The fourth-order valence-electron chi connectivity index (χ4n) is 3.02. The monoisotopic (exact) mass is 284 g/mol. The van der Waals surface area contributed by atoms with Crippen molar-refractivity contribution in [2.75, 3.05) is 24.6 Å². The van der Waals surface area contributed by atoms with Gasteiger partial charge in [-0.05, 0) is 44.0 Å². The molecule has 0 N–H and O–H groups in total. The Morgan fingerprint density at radius 1 is 1.48 bits per heavy atom. The number of carbonyl (C=O) groups excluding carboxylic acids is 1. The maximum Gasteiger partial charge on any atom is 0.150 e. The third kappa shape index (κ3) is 2.63. The Balaban J connectivity index is 1.99. The minimum Gasteiger partial charge on any atom is -0.377 e. The van der Waals surface area contributed by atoms with E-state index in [9.17, 15) is 4.79 Å². The Morgan fingerprint density at radius 3 is 3.10 bits per heavy atom. The molecule has 1 aliphatic heterocycles. The average Bonchev–Trinajstić information content (AvgIpc) is 2.95. The highest BCUT2D eigenvalue weighted by Crippen LogP contribution is 2.30. The number of fused-ring (bicyclic) bond motifs is 1. The van der Waals surface area contributed by atoms with Gasteiger partial charge < -0.3 is 9.64 Å². The van der Waals surface area contributed by atoms with Gasteiger partial charge in [0.1, 0.15) is 6.29 Å². The van der Waals surface area contributed by atoms with Crippen LogP contribution in [0.4, 0.5) is 5.69 Å². The molecule has 1 fully saturated rings. The number of ether oxygens (including phenoxy) is 1. The van der Waals surface area contributed by atoms with Crippen LogP contribution in [0.15, 0.2) is 24.4 Å². The fraction of sp³-hybridized carbons (Fsp3) is 0.412. The zero-order chi connectivity index (χ0) is 14.8. The number of anilines is 1. The Labute approximate surface area is 124 Å². The molecule has 0 aliphatic carbocycles. The molecule has 0 saturated carbocycles. The SMILES string of the molecule is CCOC1CCN(c2ccnc3cc(C=O)c(C)cc23)C1. The summed E-state index contributed by atoms with van der Waals surface area (Å²) in [4.78, 5) is 17.8. The second kappa shape index (κ2) is 5.82. The highest BCUT2D eigenvalue weighted by molar-refractivity contribution is 5.96. The van der Waals surface area contributed by atoms with E-state index in [2.05, 4.69) is 22.0 Å². The van der Waals surface area contributed by atoms with Crippen LogP contribution < -0.4 is 4.90 Å². The number of hydrogen-bond donors (Lipinski definition) is 0. The lowest BCUT2D eigenvalue weighted by molar-refractivity contribution is 0.0788. The maximum atomic E-state index is 11.1. The van der Waals surface area contributed by atoms with E-state index < -0.39 is 0 Å². The van der Waals surface area contributed by atoms with Crippen LogP contribution in [0.3, 0.4) is 0 Å². The first-order valence-corrected chi connectivity index (χ1v) is 7.44. The standard InChI is InChI=1S/C17H20N2O2/c1-3-21-14-5-7-19(10-14)17-4-6-18-16-9-13(11-20)12(2)8-15(16)17/h4,6,8-9,11,14H,3,5,7,10H2,1-2H3. The van der Waals surface area contributed by atoms with E-state index in [4.69, 9.17) is 4.74 Å². The lowest BCUT2D eigenvalue weighted by Gasteiger charge is -2.20. The number of aromatic nitrogens is 1. The van der Waals surface area contributed by atoms with Gasteiger partial charge in [0.05, 0.1) is 11.6 Å². The van der Waals surface area contributed by atoms with Gasteiger partial charge in [-0.25, -0.2) is 0 Å². The summed E-state index contributed by atoms with van der Waals surface area (Å²) >= 11 is 0. The number of rotatable bonds is 4. The zero-order valence-corrected chi connectivity index (χ0v) is 12.5. The predicted octanol–water partition coefficient (Wildman–Crippen LogP) is 2.97. The molecular weight excluding hydrogens is 264 g/mol. The van der Waals surface area contributed by atoms with Gasteiger partial charge >= 0.3 is 0 Å². The molecule has 2 heterocycles. The van der Waals surface area contributed by atoms with Gasteiger partial charge in [0.25, 0.3) is 0 Å². The second-order valence-electron chi connectivity index (χ2n) is 5.49. The van der Waals surface area contributed by atoms with Gasteiger partial charge in [0.15, 0.2) is 0 Å². The minimum absolute atomic E-state index is 0.313. The average molecular weight is 284 g/mol. The van der Waals surface area contributed by atoms with Gasteiger partial charge in [-0.1, -0.05) is 0 Å². The molecule has 1 aromatic carbocycles. The number of nitrogens with zero attached hydrogens (tertiary/aromatic N) is 2. The Hall–Kier alpha value is -1.94. The number of hydrogen-bond acceptors (Lipinski definition) is 4. The van der Waals surface area contributed by atoms with Crippen LogP contribution in [0.5, 0.6) is 0 Å². The lowest BCUT2D eigenvalue weighted by Crippen LogP contribution is -2.23. The summed E-state index contributed by atoms with van der Waals surface area (Å²) in [5.74, 6) is 0. The van der Waals surface area contributed by atoms with E-state index in [0.29, 0.717) is 11.7 Å². The molecule has 1 aromatic heterocycles. The summed E-state index contributed by atoms with van der Waals surface area (Å²) < 4.78 is 5.72. The van der Waals surface area contributed by atoms with Crippen LogP contribution in [-0.4, -0.2) is 37.1 Å². The molecule has 1 unspecified atom stereocenters. The first-order valence-electron chi connectivity index (χ1n) is 7.44. The van der Waals surface area contributed by atoms with Crippen molar-refractivity contribution in [1.29, 1.82) is 0 Å².